The first-order valence-electron chi connectivity index (χ1n) is 9.20. The molecule has 1 aliphatic carbocycles. The second-order valence-electron chi connectivity index (χ2n) is 6.96. The summed E-state index contributed by atoms with van der Waals surface area (Å²) < 4.78 is 41.7. The number of nitrogens with zero attached hydrogens (tertiary/aromatic N) is 2. The van der Waals surface area contributed by atoms with Gasteiger partial charge in [0.15, 0.2) is 5.16 Å². The van der Waals surface area contributed by atoms with Crippen LogP contribution < -0.4 is 0 Å². The quantitative estimate of drug-likeness (QED) is 0.396. The molecule has 0 saturated heterocycles. The summed E-state index contributed by atoms with van der Waals surface area (Å²) in [6.45, 7) is 0. The molecule has 0 atom stereocenters. The molecule has 2 aromatic carbocycles. The fraction of sp³-hybridized carbons (Fsp3) is 0.286. The van der Waals surface area contributed by atoms with Gasteiger partial charge in [0, 0.05) is 16.5 Å². The van der Waals surface area contributed by atoms with Crippen LogP contribution in [-0.4, -0.2) is 14.8 Å². The number of imidazole rings is 1. The van der Waals surface area contributed by atoms with E-state index in [1.54, 1.807) is 46.8 Å². The molecule has 0 unspecified atom stereocenters. The van der Waals surface area contributed by atoms with Crippen LogP contribution >= 0.6 is 35.0 Å². The molecular weight excluding hydrogens is 440 g/mol. The first-order chi connectivity index (χ1) is 13.8. The highest BCUT2D eigenvalue weighted by Crippen LogP contribution is 2.39. The Morgan fingerprint density at radius 1 is 1.00 bits per heavy atom. The monoisotopic (exact) mass is 456 g/mol. The van der Waals surface area contributed by atoms with E-state index < -0.39 is 11.7 Å². The van der Waals surface area contributed by atoms with Gasteiger partial charge in [-0.1, -0.05) is 59.9 Å². The Hall–Kier alpha value is -1.63. The Morgan fingerprint density at radius 3 is 2.45 bits per heavy atom. The zero-order valence-electron chi connectivity index (χ0n) is 15.2. The number of benzene rings is 2. The summed E-state index contributed by atoms with van der Waals surface area (Å²) in [5.74, 6) is 0. The van der Waals surface area contributed by atoms with Crippen molar-refractivity contribution in [1.29, 1.82) is 0 Å². The molecule has 0 bridgehead atoms. The van der Waals surface area contributed by atoms with Gasteiger partial charge in [0.1, 0.15) is 0 Å². The molecule has 0 amide bonds. The molecule has 1 aromatic heterocycles. The van der Waals surface area contributed by atoms with Gasteiger partial charge in [0.05, 0.1) is 27.5 Å². The number of hydrogen-bond acceptors (Lipinski definition) is 2. The number of halogens is 5. The summed E-state index contributed by atoms with van der Waals surface area (Å²) in [7, 11) is 0. The van der Waals surface area contributed by atoms with Crippen LogP contribution in [0.5, 0.6) is 0 Å². The molecule has 1 heterocycles. The summed E-state index contributed by atoms with van der Waals surface area (Å²) in [6.07, 6.45) is 1.77. The standard InChI is InChI=1S/C21H17Cl2F3N2S/c22-17-9-8-13(10-18(17)23)19-12-27-20(29-16-6-1-2-7-16)28(19)15-5-3-4-14(11-15)21(24,25)26/h3-5,8-12,16H,1-2,6-7H2. The van der Waals surface area contributed by atoms with Gasteiger partial charge in [-0.15, -0.1) is 0 Å². The van der Waals surface area contributed by atoms with Crippen LogP contribution in [0.3, 0.4) is 0 Å². The molecule has 0 aliphatic heterocycles. The van der Waals surface area contributed by atoms with Crippen molar-refractivity contribution in [3.63, 3.8) is 0 Å². The van der Waals surface area contributed by atoms with E-state index in [0.29, 0.717) is 31.8 Å². The summed E-state index contributed by atoms with van der Waals surface area (Å²) in [6, 6.07) is 10.5. The molecule has 3 aromatic rings. The van der Waals surface area contributed by atoms with Crippen molar-refractivity contribution in [2.45, 2.75) is 42.3 Å². The van der Waals surface area contributed by atoms with Crippen molar-refractivity contribution in [1.82, 2.24) is 9.55 Å². The second-order valence-corrected chi connectivity index (χ2v) is 9.04. The van der Waals surface area contributed by atoms with Gasteiger partial charge in [-0.3, -0.25) is 4.57 Å². The number of thioether (sulfide) groups is 1. The predicted molar refractivity (Wildman–Crippen MR) is 112 cm³/mol. The predicted octanol–water partition coefficient (Wildman–Crippen LogP) is 7.90. The first kappa shape index (κ1) is 20.6. The molecule has 4 rings (SSSR count). The van der Waals surface area contributed by atoms with Crippen LogP contribution in [0, 0.1) is 0 Å². The summed E-state index contributed by atoms with van der Waals surface area (Å²) >= 11 is 13.8. The minimum Gasteiger partial charge on any atom is -0.287 e. The maximum Gasteiger partial charge on any atom is 0.416 e. The van der Waals surface area contributed by atoms with Gasteiger partial charge < -0.3 is 0 Å². The Bertz CT molecular complexity index is 1030. The van der Waals surface area contributed by atoms with E-state index >= 15 is 0 Å². The van der Waals surface area contributed by atoms with Gasteiger partial charge in [-0.25, -0.2) is 4.98 Å². The van der Waals surface area contributed by atoms with E-state index in [2.05, 4.69) is 4.98 Å². The zero-order chi connectivity index (χ0) is 20.6. The van der Waals surface area contributed by atoms with Crippen molar-refractivity contribution in [3.8, 4) is 16.9 Å². The highest BCUT2D eigenvalue weighted by Gasteiger charge is 2.31. The van der Waals surface area contributed by atoms with Crippen LogP contribution in [0.4, 0.5) is 13.2 Å². The van der Waals surface area contributed by atoms with Crippen LogP contribution in [0.1, 0.15) is 31.2 Å². The minimum atomic E-state index is -4.42. The van der Waals surface area contributed by atoms with Crippen molar-refractivity contribution >= 4 is 35.0 Å². The Morgan fingerprint density at radius 2 is 1.76 bits per heavy atom. The lowest BCUT2D eigenvalue weighted by Gasteiger charge is -2.16. The summed E-state index contributed by atoms with van der Waals surface area (Å²) in [5.41, 5.74) is 1.13. The molecule has 1 aliphatic rings. The number of hydrogen-bond donors (Lipinski definition) is 0. The molecule has 8 heteroatoms. The molecule has 29 heavy (non-hydrogen) atoms. The van der Waals surface area contributed by atoms with Gasteiger partial charge in [0.2, 0.25) is 0 Å². The molecule has 1 saturated carbocycles. The Kier molecular flexibility index (Phi) is 5.87. The molecule has 152 valence electrons. The highest BCUT2D eigenvalue weighted by atomic mass is 35.5. The van der Waals surface area contributed by atoms with E-state index in [1.807, 2.05) is 0 Å². The molecule has 0 spiro atoms. The van der Waals surface area contributed by atoms with Crippen LogP contribution in [-0.2, 0) is 6.18 Å². The highest BCUT2D eigenvalue weighted by molar-refractivity contribution is 7.99. The van der Waals surface area contributed by atoms with Crippen molar-refractivity contribution in [2.75, 3.05) is 0 Å². The molecule has 2 nitrogen and oxygen atoms in total. The molecule has 0 radical (unpaired) electrons. The molecule has 0 N–H and O–H groups in total. The average molecular weight is 457 g/mol. The van der Waals surface area contributed by atoms with E-state index in [1.165, 1.54) is 18.9 Å². The average Bonchev–Trinajstić information content (AvgIpc) is 3.34. The fourth-order valence-electron chi connectivity index (χ4n) is 3.50. The summed E-state index contributed by atoms with van der Waals surface area (Å²) in [5, 5.41) is 1.90. The molecule has 1 fully saturated rings. The van der Waals surface area contributed by atoms with E-state index in [0.717, 1.165) is 30.5 Å². The summed E-state index contributed by atoms with van der Waals surface area (Å²) in [4.78, 5) is 4.54. The SMILES string of the molecule is FC(F)(F)c1cccc(-n2c(-c3ccc(Cl)c(Cl)c3)cnc2SC2CCCC2)c1. The van der Waals surface area contributed by atoms with Gasteiger partial charge in [-0.2, -0.15) is 13.2 Å². The van der Waals surface area contributed by atoms with Gasteiger partial charge in [-0.05, 0) is 43.2 Å². The van der Waals surface area contributed by atoms with E-state index in [-0.39, 0.29) is 0 Å². The number of aromatic nitrogens is 2. The lowest BCUT2D eigenvalue weighted by Crippen LogP contribution is -2.07. The van der Waals surface area contributed by atoms with Gasteiger partial charge >= 0.3 is 6.18 Å². The van der Waals surface area contributed by atoms with E-state index in [9.17, 15) is 13.2 Å². The van der Waals surface area contributed by atoms with Crippen LogP contribution in [0.25, 0.3) is 16.9 Å². The van der Waals surface area contributed by atoms with E-state index in [4.69, 9.17) is 23.2 Å². The second kappa shape index (κ2) is 8.25. The smallest absolute Gasteiger partial charge is 0.287 e. The minimum absolute atomic E-state index is 0.381. The third-order valence-electron chi connectivity index (χ3n) is 4.95. The molecular formula is C21H17Cl2F3N2S. The number of alkyl halides is 3. The maximum absolute atomic E-state index is 13.3. The van der Waals surface area contributed by atoms with Crippen molar-refractivity contribution in [3.05, 3.63) is 64.3 Å². The normalized spacial score (nSPS) is 15.2. The third kappa shape index (κ3) is 4.44. The topological polar surface area (TPSA) is 17.8 Å². The van der Waals surface area contributed by atoms with Crippen LogP contribution in [0.15, 0.2) is 53.8 Å². The zero-order valence-corrected chi connectivity index (χ0v) is 17.5. The van der Waals surface area contributed by atoms with Crippen molar-refractivity contribution < 1.29 is 13.2 Å². The largest absolute Gasteiger partial charge is 0.416 e. The van der Waals surface area contributed by atoms with Crippen molar-refractivity contribution in [2.24, 2.45) is 0 Å². The lowest BCUT2D eigenvalue weighted by molar-refractivity contribution is -0.137. The van der Waals surface area contributed by atoms with Crippen LogP contribution in [0.2, 0.25) is 10.0 Å². The van der Waals surface area contributed by atoms with Gasteiger partial charge in [0.25, 0.3) is 0 Å². The fourth-order valence-corrected chi connectivity index (χ4v) is 5.09. The first-order valence-corrected chi connectivity index (χ1v) is 10.8. The Labute approximate surface area is 181 Å². The number of rotatable bonds is 4. The lowest BCUT2D eigenvalue weighted by atomic mass is 10.1. The Balaban J connectivity index is 1.84. The maximum atomic E-state index is 13.3. The third-order valence-corrected chi connectivity index (χ3v) is 6.99.